The molecule has 17 nitrogen and oxygen atoms in total. The molecule has 1 unspecified atom stereocenters. The maximum Gasteiger partial charge on any atom is 0.278 e. The summed E-state index contributed by atoms with van der Waals surface area (Å²) in [6.07, 6.45) is 11.1. The number of hydrogen-bond donors (Lipinski definition) is 3. The summed E-state index contributed by atoms with van der Waals surface area (Å²) in [7, 11) is 0. The van der Waals surface area contributed by atoms with Crippen LogP contribution in [0.1, 0.15) is 86.1 Å². The highest BCUT2D eigenvalue weighted by molar-refractivity contribution is 5.99. The minimum Gasteiger partial charge on any atom is -0.371 e. The number of benzene rings is 1. The average Bonchev–Trinajstić information content (AvgIpc) is 3.65. The van der Waals surface area contributed by atoms with E-state index in [1.807, 2.05) is 43.6 Å². The van der Waals surface area contributed by atoms with E-state index >= 15 is 0 Å². The Morgan fingerprint density at radius 3 is 2.53 bits per heavy atom. The summed E-state index contributed by atoms with van der Waals surface area (Å²) in [5, 5.41) is 17.6. The molecule has 4 aliphatic rings. The second-order valence-electron chi connectivity index (χ2n) is 16.4. The van der Waals surface area contributed by atoms with Gasteiger partial charge in [-0.25, -0.2) is 19.9 Å². The summed E-state index contributed by atoms with van der Waals surface area (Å²) >= 11 is 0. The van der Waals surface area contributed by atoms with Gasteiger partial charge in [0, 0.05) is 56.1 Å². The molecule has 3 aliphatic heterocycles. The Labute approximate surface area is 335 Å². The van der Waals surface area contributed by atoms with Crippen LogP contribution in [0, 0.1) is 18.8 Å². The molecule has 1 atom stereocenters. The SMILES string of the molecule is Cc1cccc(C(=O)NC2CC(n3cnc4c(NCCC5CCN(CC6CCN(c7ccc8nnn(C9CCC(=O)NC9=O)c(=O)c8c7)CC6)CC5)ncnc43)C2)n1. The number of nitrogens with one attached hydrogen (secondary N) is 3. The molecule has 17 heteroatoms. The van der Waals surface area contributed by atoms with E-state index in [9.17, 15) is 19.2 Å². The molecule has 1 aliphatic carbocycles. The molecular weight excluding hydrogens is 739 g/mol. The number of pyridine rings is 1. The molecule has 3 amide bonds. The first-order valence-electron chi connectivity index (χ1n) is 20.6. The largest absolute Gasteiger partial charge is 0.371 e. The maximum atomic E-state index is 13.4. The minimum atomic E-state index is -0.838. The Balaban J connectivity index is 0.708. The lowest BCUT2D eigenvalue weighted by molar-refractivity contribution is -0.136. The molecule has 58 heavy (non-hydrogen) atoms. The highest BCUT2D eigenvalue weighted by Gasteiger charge is 2.34. The van der Waals surface area contributed by atoms with E-state index in [4.69, 9.17) is 0 Å². The average molecular weight is 788 g/mol. The number of rotatable bonds is 11. The molecule has 0 radical (unpaired) electrons. The van der Waals surface area contributed by atoms with Gasteiger partial charge in [0.05, 0.1) is 11.7 Å². The maximum absolute atomic E-state index is 13.4. The zero-order valence-corrected chi connectivity index (χ0v) is 32.7. The minimum absolute atomic E-state index is 0.0924. The van der Waals surface area contributed by atoms with Gasteiger partial charge in [-0.05, 0) is 114 Å². The van der Waals surface area contributed by atoms with E-state index in [2.05, 4.69) is 60.6 Å². The normalized spacial score (nSPS) is 22.2. The van der Waals surface area contributed by atoms with E-state index in [0.717, 1.165) is 104 Å². The molecule has 1 aromatic carbocycles. The number of anilines is 2. The lowest BCUT2D eigenvalue weighted by Gasteiger charge is -2.38. The Bertz CT molecular complexity index is 2390. The molecular formula is C41H49N13O4. The predicted molar refractivity (Wildman–Crippen MR) is 216 cm³/mol. The van der Waals surface area contributed by atoms with Crippen LogP contribution in [0.25, 0.3) is 22.1 Å². The number of carbonyl (C=O) groups is 3. The molecule has 7 heterocycles. The molecule has 1 saturated carbocycles. The lowest BCUT2D eigenvalue weighted by atomic mass is 9.86. The van der Waals surface area contributed by atoms with Gasteiger partial charge in [0.1, 0.15) is 29.1 Å². The summed E-state index contributed by atoms with van der Waals surface area (Å²) in [5.74, 6) is 1.07. The standard InChI is InChI=1S/C41H49N13O4/c1-25-3-2-4-33(46-25)39(56)47-28-19-30(20-28)53-24-45-36-37(43-23-44-38(36)53)42-14-9-26-10-15-51(16-11-26)22-27-12-17-52(18-13-27)29-5-6-32-31(21-29)41(58)54(50-49-32)34-7-8-35(55)48-40(34)57/h2-6,21,23-24,26-28,30,34H,7-20,22H2,1H3,(H,47,56)(H,42,43,44)(H,48,55,57). The van der Waals surface area contributed by atoms with Crippen molar-refractivity contribution in [3.8, 4) is 0 Å². The zero-order chi connectivity index (χ0) is 39.8. The highest BCUT2D eigenvalue weighted by atomic mass is 16.2. The molecule has 4 aromatic heterocycles. The number of nitrogens with zero attached hydrogens (tertiary/aromatic N) is 10. The Morgan fingerprint density at radius 2 is 1.74 bits per heavy atom. The van der Waals surface area contributed by atoms with Gasteiger partial charge in [-0.15, -0.1) is 5.10 Å². The van der Waals surface area contributed by atoms with Gasteiger partial charge in [0.15, 0.2) is 11.5 Å². The van der Waals surface area contributed by atoms with Gasteiger partial charge >= 0.3 is 0 Å². The molecule has 9 rings (SSSR count). The van der Waals surface area contributed by atoms with Gasteiger partial charge in [0.25, 0.3) is 17.4 Å². The number of aromatic nitrogens is 8. The van der Waals surface area contributed by atoms with Crippen LogP contribution in [-0.4, -0.2) is 107 Å². The van der Waals surface area contributed by atoms with Gasteiger partial charge in [-0.1, -0.05) is 11.3 Å². The zero-order valence-electron chi connectivity index (χ0n) is 32.7. The summed E-state index contributed by atoms with van der Waals surface area (Å²) in [4.78, 5) is 73.2. The Hall–Kier alpha value is -5.84. The summed E-state index contributed by atoms with van der Waals surface area (Å²) in [5.41, 5.74) is 3.96. The third-order valence-corrected chi connectivity index (χ3v) is 12.5. The molecule has 3 saturated heterocycles. The van der Waals surface area contributed by atoms with Crippen LogP contribution < -0.4 is 26.4 Å². The number of imide groups is 1. The number of likely N-dealkylation sites (tertiary alicyclic amines) is 1. The van der Waals surface area contributed by atoms with Crippen LogP contribution in [0.5, 0.6) is 0 Å². The van der Waals surface area contributed by atoms with E-state index < -0.39 is 11.9 Å². The van der Waals surface area contributed by atoms with Crippen molar-refractivity contribution in [3.05, 3.63) is 70.8 Å². The van der Waals surface area contributed by atoms with Gasteiger partial charge in [-0.3, -0.25) is 24.5 Å². The van der Waals surface area contributed by atoms with Crippen molar-refractivity contribution in [1.82, 2.24) is 55.0 Å². The van der Waals surface area contributed by atoms with Crippen molar-refractivity contribution in [2.24, 2.45) is 11.8 Å². The van der Waals surface area contributed by atoms with Gasteiger partial charge < -0.3 is 25.0 Å². The van der Waals surface area contributed by atoms with Crippen molar-refractivity contribution in [1.29, 1.82) is 0 Å². The summed E-state index contributed by atoms with van der Waals surface area (Å²) in [6.45, 7) is 7.89. The van der Waals surface area contributed by atoms with Crippen LogP contribution in [0.15, 0.2) is 53.8 Å². The number of amides is 3. The van der Waals surface area contributed by atoms with Crippen LogP contribution >= 0.6 is 0 Å². The second-order valence-corrected chi connectivity index (χ2v) is 16.4. The van der Waals surface area contributed by atoms with Crippen molar-refractivity contribution in [2.45, 2.75) is 82.8 Å². The number of hydrogen-bond acceptors (Lipinski definition) is 13. The number of aryl methyl sites for hydroxylation is 1. The first-order chi connectivity index (χ1) is 28.3. The molecule has 5 aromatic rings. The van der Waals surface area contributed by atoms with Crippen molar-refractivity contribution in [2.75, 3.05) is 49.5 Å². The first-order valence-corrected chi connectivity index (χ1v) is 20.6. The van der Waals surface area contributed by atoms with Crippen LogP contribution in [0.3, 0.4) is 0 Å². The highest BCUT2D eigenvalue weighted by Crippen LogP contribution is 2.35. The first kappa shape index (κ1) is 37.7. The van der Waals surface area contributed by atoms with E-state index in [1.54, 1.807) is 12.4 Å². The fourth-order valence-corrected chi connectivity index (χ4v) is 9.06. The Morgan fingerprint density at radius 1 is 0.931 bits per heavy atom. The predicted octanol–water partition coefficient (Wildman–Crippen LogP) is 3.18. The van der Waals surface area contributed by atoms with Crippen molar-refractivity contribution >= 4 is 51.3 Å². The van der Waals surface area contributed by atoms with E-state index in [-0.39, 0.29) is 42.3 Å². The topological polar surface area (TPSA) is 198 Å². The number of fused-ring (bicyclic) bond motifs is 2. The van der Waals surface area contributed by atoms with E-state index in [0.29, 0.717) is 28.4 Å². The molecule has 4 fully saturated rings. The molecule has 0 spiro atoms. The quantitative estimate of drug-likeness (QED) is 0.165. The molecule has 3 N–H and O–H groups in total. The summed E-state index contributed by atoms with van der Waals surface area (Å²) < 4.78 is 3.23. The Kier molecular flexibility index (Phi) is 10.5. The lowest BCUT2D eigenvalue weighted by Crippen LogP contribution is -2.45. The number of carbonyl (C=O) groups excluding carboxylic acids is 3. The van der Waals surface area contributed by atoms with E-state index in [1.165, 1.54) is 12.8 Å². The van der Waals surface area contributed by atoms with Crippen LogP contribution in [0.2, 0.25) is 0 Å². The number of piperidine rings is 3. The third-order valence-electron chi connectivity index (χ3n) is 12.5. The monoisotopic (exact) mass is 787 g/mol. The van der Waals surface area contributed by atoms with Crippen LogP contribution in [0.4, 0.5) is 11.5 Å². The van der Waals surface area contributed by atoms with Crippen LogP contribution in [-0.2, 0) is 9.59 Å². The third kappa shape index (κ3) is 7.86. The molecule has 302 valence electrons. The fourth-order valence-electron chi connectivity index (χ4n) is 9.06. The van der Waals surface area contributed by atoms with Crippen molar-refractivity contribution in [3.63, 3.8) is 0 Å². The fraction of sp³-hybridized carbons (Fsp3) is 0.512. The van der Waals surface area contributed by atoms with Crippen molar-refractivity contribution < 1.29 is 14.4 Å². The number of imidazole rings is 1. The molecule has 0 bridgehead atoms. The smallest absolute Gasteiger partial charge is 0.278 e. The van der Waals surface area contributed by atoms with Gasteiger partial charge in [0.2, 0.25) is 5.91 Å². The van der Waals surface area contributed by atoms with Gasteiger partial charge in [-0.2, -0.15) is 4.68 Å². The summed E-state index contributed by atoms with van der Waals surface area (Å²) in [6, 6.07) is 10.6. The second kappa shape index (κ2) is 16.2.